The molecule has 2 amide bonds. The Bertz CT molecular complexity index is 581. The molecule has 24 heavy (non-hydrogen) atoms. The van der Waals surface area contributed by atoms with E-state index in [1.807, 2.05) is 48.2 Å². The molecule has 0 aromatic heterocycles. The summed E-state index contributed by atoms with van der Waals surface area (Å²) in [5.41, 5.74) is 2.15. The average molecular weight is 331 g/mol. The second-order valence-corrected chi connectivity index (χ2v) is 7.25. The van der Waals surface area contributed by atoms with Crippen molar-refractivity contribution in [2.24, 2.45) is 11.8 Å². The normalized spacial score (nSPS) is 20.3. The monoisotopic (exact) mass is 331 g/mol. The van der Waals surface area contributed by atoms with Crippen LogP contribution in [-0.4, -0.2) is 49.9 Å². The Labute approximate surface area is 145 Å². The highest BCUT2D eigenvalue weighted by Gasteiger charge is 2.37. The molecule has 0 bridgehead atoms. The number of likely N-dealkylation sites (tertiary alicyclic amines) is 1. The van der Waals surface area contributed by atoms with Crippen LogP contribution in [-0.2, 0) is 16.0 Å². The summed E-state index contributed by atoms with van der Waals surface area (Å²) in [4.78, 5) is 28.0. The molecule has 5 heteroatoms. The van der Waals surface area contributed by atoms with E-state index in [-0.39, 0.29) is 17.9 Å². The Hall–Kier alpha value is -2.04. The molecule has 1 saturated heterocycles. The van der Waals surface area contributed by atoms with E-state index in [1.54, 1.807) is 0 Å². The van der Waals surface area contributed by atoms with Gasteiger partial charge in [0.2, 0.25) is 11.8 Å². The van der Waals surface area contributed by atoms with Crippen molar-refractivity contribution in [2.45, 2.75) is 33.2 Å². The molecule has 2 rings (SSSR count). The second kappa shape index (κ2) is 7.69. The number of anilines is 1. The van der Waals surface area contributed by atoms with Gasteiger partial charge in [-0.15, -0.1) is 0 Å². The SMILES string of the molecule is CC(=O)N[C@@H]1CN(C(=O)Cc2ccc(N(C)C)cc2)C[C@H]1C(C)C. The summed E-state index contributed by atoms with van der Waals surface area (Å²) in [6.45, 7) is 7.16. The third-order valence-electron chi connectivity index (χ3n) is 4.77. The summed E-state index contributed by atoms with van der Waals surface area (Å²) in [6, 6.07) is 8.14. The zero-order valence-corrected chi connectivity index (χ0v) is 15.4. The minimum Gasteiger partial charge on any atom is -0.378 e. The van der Waals surface area contributed by atoms with Gasteiger partial charge in [0.15, 0.2) is 0 Å². The van der Waals surface area contributed by atoms with Gasteiger partial charge < -0.3 is 15.1 Å². The minimum atomic E-state index is -0.0285. The second-order valence-electron chi connectivity index (χ2n) is 7.25. The molecule has 0 saturated carbocycles. The highest BCUT2D eigenvalue weighted by atomic mass is 16.2. The molecule has 1 aliphatic heterocycles. The zero-order valence-electron chi connectivity index (χ0n) is 15.4. The van der Waals surface area contributed by atoms with E-state index >= 15 is 0 Å². The van der Waals surface area contributed by atoms with Crippen molar-refractivity contribution in [3.63, 3.8) is 0 Å². The molecular formula is C19H29N3O2. The van der Waals surface area contributed by atoms with Crippen molar-refractivity contribution < 1.29 is 9.59 Å². The first-order valence-corrected chi connectivity index (χ1v) is 8.59. The van der Waals surface area contributed by atoms with Crippen LogP contribution in [0.3, 0.4) is 0 Å². The van der Waals surface area contributed by atoms with Crippen LogP contribution in [0, 0.1) is 11.8 Å². The molecule has 1 aliphatic rings. The molecule has 2 atom stereocenters. The lowest BCUT2D eigenvalue weighted by Crippen LogP contribution is -2.41. The lowest BCUT2D eigenvalue weighted by Gasteiger charge is -2.21. The Morgan fingerprint density at radius 1 is 1.21 bits per heavy atom. The van der Waals surface area contributed by atoms with Gasteiger partial charge in [-0.1, -0.05) is 26.0 Å². The highest BCUT2D eigenvalue weighted by molar-refractivity contribution is 5.79. The van der Waals surface area contributed by atoms with Crippen molar-refractivity contribution >= 4 is 17.5 Å². The topological polar surface area (TPSA) is 52.7 Å². The highest BCUT2D eigenvalue weighted by Crippen LogP contribution is 2.25. The van der Waals surface area contributed by atoms with E-state index in [2.05, 4.69) is 19.2 Å². The van der Waals surface area contributed by atoms with E-state index in [4.69, 9.17) is 0 Å². The van der Waals surface area contributed by atoms with Crippen molar-refractivity contribution in [2.75, 3.05) is 32.1 Å². The van der Waals surface area contributed by atoms with E-state index in [1.165, 1.54) is 6.92 Å². The average Bonchev–Trinajstić information content (AvgIpc) is 2.91. The number of carbonyl (C=O) groups excluding carboxylic acids is 2. The van der Waals surface area contributed by atoms with Crippen LogP contribution >= 0.6 is 0 Å². The number of hydrogen-bond acceptors (Lipinski definition) is 3. The molecule has 1 aromatic carbocycles. The predicted molar refractivity (Wildman–Crippen MR) is 97.0 cm³/mol. The molecule has 0 spiro atoms. The Balaban J connectivity index is 2.00. The fourth-order valence-corrected chi connectivity index (χ4v) is 3.32. The molecule has 132 valence electrons. The summed E-state index contributed by atoms with van der Waals surface area (Å²) < 4.78 is 0. The molecule has 1 fully saturated rings. The van der Waals surface area contributed by atoms with Crippen molar-refractivity contribution in [3.05, 3.63) is 29.8 Å². The fraction of sp³-hybridized carbons (Fsp3) is 0.579. The van der Waals surface area contributed by atoms with Crippen LogP contribution in [0.25, 0.3) is 0 Å². The third-order valence-corrected chi connectivity index (χ3v) is 4.77. The number of carbonyl (C=O) groups is 2. The lowest BCUT2D eigenvalue weighted by molar-refractivity contribution is -0.130. The van der Waals surface area contributed by atoms with Crippen molar-refractivity contribution in [1.82, 2.24) is 10.2 Å². The lowest BCUT2D eigenvalue weighted by atomic mass is 9.91. The first-order chi connectivity index (χ1) is 11.3. The van der Waals surface area contributed by atoms with Gasteiger partial charge in [-0.25, -0.2) is 0 Å². The number of benzene rings is 1. The fourth-order valence-electron chi connectivity index (χ4n) is 3.32. The zero-order chi connectivity index (χ0) is 17.9. The van der Waals surface area contributed by atoms with Crippen LogP contribution in [0.2, 0.25) is 0 Å². The molecule has 0 radical (unpaired) electrons. The maximum atomic E-state index is 12.6. The maximum Gasteiger partial charge on any atom is 0.227 e. The van der Waals surface area contributed by atoms with E-state index < -0.39 is 0 Å². The van der Waals surface area contributed by atoms with Gasteiger partial charge in [0, 0.05) is 45.7 Å². The van der Waals surface area contributed by atoms with Crippen LogP contribution in [0.5, 0.6) is 0 Å². The van der Waals surface area contributed by atoms with Crippen LogP contribution in [0.1, 0.15) is 26.3 Å². The summed E-state index contributed by atoms with van der Waals surface area (Å²) >= 11 is 0. The van der Waals surface area contributed by atoms with E-state index in [0.29, 0.717) is 24.8 Å². The quantitative estimate of drug-likeness (QED) is 0.897. The molecular weight excluding hydrogens is 302 g/mol. The molecule has 1 aromatic rings. The summed E-state index contributed by atoms with van der Waals surface area (Å²) in [5.74, 6) is 0.846. The minimum absolute atomic E-state index is 0.0285. The van der Waals surface area contributed by atoms with Gasteiger partial charge in [0.1, 0.15) is 0 Å². The van der Waals surface area contributed by atoms with Crippen LogP contribution in [0.4, 0.5) is 5.69 Å². The number of rotatable bonds is 5. The van der Waals surface area contributed by atoms with Gasteiger partial charge in [-0.2, -0.15) is 0 Å². The molecule has 5 nitrogen and oxygen atoms in total. The van der Waals surface area contributed by atoms with Gasteiger partial charge in [0.25, 0.3) is 0 Å². The first kappa shape index (κ1) is 18.3. The van der Waals surface area contributed by atoms with E-state index in [9.17, 15) is 9.59 Å². The Morgan fingerprint density at radius 2 is 1.83 bits per heavy atom. The Kier molecular flexibility index (Phi) is 5.86. The third kappa shape index (κ3) is 4.49. The summed E-state index contributed by atoms with van der Waals surface area (Å²) in [6.07, 6.45) is 0.408. The summed E-state index contributed by atoms with van der Waals surface area (Å²) in [7, 11) is 4.00. The molecule has 0 aliphatic carbocycles. The van der Waals surface area contributed by atoms with Gasteiger partial charge >= 0.3 is 0 Å². The smallest absolute Gasteiger partial charge is 0.227 e. The first-order valence-electron chi connectivity index (χ1n) is 8.59. The predicted octanol–water partition coefficient (Wildman–Crippen LogP) is 1.91. The largest absolute Gasteiger partial charge is 0.378 e. The van der Waals surface area contributed by atoms with Crippen LogP contribution in [0.15, 0.2) is 24.3 Å². The Morgan fingerprint density at radius 3 is 2.33 bits per heavy atom. The van der Waals surface area contributed by atoms with Crippen LogP contribution < -0.4 is 10.2 Å². The van der Waals surface area contributed by atoms with Gasteiger partial charge in [-0.3, -0.25) is 9.59 Å². The molecule has 1 heterocycles. The molecule has 1 N–H and O–H groups in total. The number of nitrogens with zero attached hydrogens (tertiary/aromatic N) is 2. The number of amides is 2. The van der Waals surface area contributed by atoms with Gasteiger partial charge in [-0.05, 0) is 23.6 Å². The van der Waals surface area contributed by atoms with E-state index in [0.717, 1.165) is 17.8 Å². The number of nitrogens with one attached hydrogen (secondary N) is 1. The standard InChI is InChI=1S/C19H29N3O2/c1-13(2)17-11-22(12-18(17)20-14(3)23)19(24)10-15-6-8-16(9-7-15)21(4)5/h6-9,13,17-18H,10-12H2,1-5H3,(H,20,23)/t17-,18+/m0/s1. The van der Waals surface area contributed by atoms with Crippen molar-refractivity contribution in [1.29, 1.82) is 0 Å². The van der Waals surface area contributed by atoms with Crippen molar-refractivity contribution in [3.8, 4) is 0 Å². The van der Waals surface area contributed by atoms with Gasteiger partial charge in [0.05, 0.1) is 12.5 Å². The summed E-state index contributed by atoms with van der Waals surface area (Å²) in [5, 5.41) is 3.00. The maximum absolute atomic E-state index is 12.6. The molecule has 0 unspecified atom stereocenters. The number of hydrogen-bond donors (Lipinski definition) is 1.